The Morgan fingerprint density at radius 2 is 2.11 bits per heavy atom. The van der Waals surface area contributed by atoms with E-state index in [0.29, 0.717) is 19.0 Å². The lowest BCUT2D eigenvalue weighted by Crippen LogP contribution is -2.36. The molecule has 1 fully saturated rings. The highest BCUT2D eigenvalue weighted by atomic mass is 16.5. The normalized spacial score (nSPS) is 16.4. The Kier molecular flexibility index (Phi) is 2.75. The molecule has 1 saturated heterocycles. The number of fused-ring (bicyclic) bond motifs is 1. The Balaban J connectivity index is 2.15. The highest BCUT2D eigenvalue weighted by Gasteiger charge is 2.21. The Morgan fingerprint density at radius 1 is 1.33 bits per heavy atom. The molecule has 3 heterocycles. The molecule has 7 heteroatoms. The van der Waals surface area contributed by atoms with Crippen LogP contribution >= 0.6 is 0 Å². The van der Waals surface area contributed by atoms with Crippen molar-refractivity contribution in [1.82, 2.24) is 19.7 Å². The van der Waals surface area contributed by atoms with Crippen LogP contribution in [0.15, 0.2) is 6.33 Å². The first kappa shape index (κ1) is 11.2. The van der Waals surface area contributed by atoms with E-state index in [4.69, 9.17) is 10.5 Å². The van der Waals surface area contributed by atoms with E-state index in [0.717, 1.165) is 36.5 Å². The monoisotopic (exact) mass is 248 g/mol. The van der Waals surface area contributed by atoms with E-state index in [1.54, 1.807) is 0 Å². The van der Waals surface area contributed by atoms with Crippen molar-refractivity contribution < 1.29 is 4.74 Å². The molecular weight excluding hydrogens is 232 g/mol. The summed E-state index contributed by atoms with van der Waals surface area (Å²) in [5, 5.41) is 5.45. The molecule has 3 rings (SSSR count). The molecule has 2 aromatic rings. The van der Waals surface area contributed by atoms with Crippen LogP contribution in [-0.4, -0.2) is 46.1 Å². The molecule has 1 aliphatic heterocycles. The molecule has 96 valence electrons. The second kappa shape index (κ2) is 4.41. The maximum atomic E-state index is 5.97. The molecule has 0 amide bonds. The Morgan fingerprint density at radius 3 is 2.83 bits per heavy atom. The number of morpholine rings is 1. The molecule has 1 aliphatic rings. The summed E-state index contributed by atoms with van der Waals surface area (Å²) in [5.74, 6) is 1.36. The third kappa shape index (κ3) is 1.67. The predicted molar refractivity (Wildman–Crippen MR) is 68.4 cm³/mol. The lowest BCUT2D eigenvalue weighted by Gasteiger charge is -2.26. The van der Waals surface area contributed by atoms with Crippen molar-refractivity contribution >= 4 is 22.7 Å². The molecule has 0 saturated carbocycles. The number of anilines is 2. The number of nitrogens with two attached hydrogens (primary N) is 1. The van der Waals surface area contributed by atoms with Crippen LogP contribution in [0.3, 0.4) is 0 Å². The van der Waals surface area contributed by atoms with Crippen molar-refractivity contribution in [2.75, 3.05) is 36.9 Å². The Hall–Kier alpha value is -1.89. The maximum Gasteiger partial charge on any atom is 0.165 e. The smallest absolute Gasteiger partial charge is 0.165 e. The van der Waals surface area contributed by atoms with Crippen molar-refractivity contribution in [3.63, 3.8) is 0 Å². The van der Waals surface area contributed by atoms with Gasteiger partial charge < -0.3 is 15.4 Å². The molecule has 7 nitrogen and oxygen atoms in total. The zero-order valence-electron chi connectivity index (χ0n) is 10.3. The van der Waals surface area contributed by atoms with Gasteiger partial charge in [-0.3, -0.25) is 0 Å². The molecule has 0 spiro atoms. The molecule has 2 N–H and O–H groups in total. The van der Waals surface area contributed by atoms with Crippen LogP contribution in [-0.2, 0) is 11.3 Å². The first-order valence-electron chi connectivity index (χ1n) is 6.11. The van der Waals surface area contributed by atoms with Gasteiger partial charge in [0.1, 0.15) is 17.5 Å². The van der Waals surface area contributed by atoms with E-state index in [2.05, 4.69) is 20.0 Å². The third-order valence-corrected chi connectivity index (χ3v) is 3.15. The number of nitrogen functional groups attached to an aromatic ring is 1. The van der Waals surface area contributed by atoms with Crippen LogP contribution in [0.1, 0.15) is 6.92 Å². The van der Waals surface area contributed by atoms with Crippen LogP contribution in [0.4, 0.5) is 11.6 Å². The van der Waals surface area contributed by atoms with Crippen LogP contribution in [0.5, 0.6) is 0 Å². The molecule has 0 aliphatic carbocycles. The van der Waals surface area contributed by atoms with Crippen LogP contribution < -0.4 is 10.6 Å². The van der Waals surface area contributed by atoms with Gasteiger partial charge in [0.25, 0.3) is 0 Å². The summed E-state index contributed by atoms with van der Waals surface area (Å²) in [6.45, 7) is 5.88. The summed E-state index contributed by atoms with van der Waals surface area (Å²) in [6.07, 6.45) is 1.48. The second-order valence-electron chi connectivity index (χ2n) is 4.20. The standard InChI is InChI=1S/C11H16N6O/c1-2-17-10-8(9(12)13-7-14-10)11(15-17)16-3-5-18-6-4-16/h7H,2-6H2,1H3,(H2,12,13,14). The Bertz CT molecular complexity index is 560. The maximum absolute atomic E-state index is 5.97. The van der Waals surface area contributed by atoms with E-state index in [1.165, 1.54) is 6.33 Å². The van der Waals surface area contributed by atoms with Gasteiger partial charge in [-0.1, -0.05) is 0 Å². The average Bonchev–Trinajstić information content (AvgIpc) is 2.80. The molecule has 0 aromatic carbocycles. The summed E-state index contributed by atoms with van der Waals surface area (Å²) in [7, 11) is 0. The number of rotatable bonds is 2. The van der Waals surface area contributed by atoms with Gasteiger partial charge >= 0.3 is 0 Å². The number of aromatic nitrogens is 4. The number of nitrogens with zero attached hydrogens (tertiary/aromatic N) is 5. The second-order valence-corrected chi connectivity index (χ2v) is 4.20. The van der Waals surface area contributed by atoms with Gasteiger partial charge in [0.05, 0.1) is 13.2 Å². The molecule has 18 heavy (non-hydrogen) atoms. The number of ether oxygens (including phenoxy) is 1. The summed E-state index contributed by atoms with van der Waals surface area (Å²) in [6, 6.07) is 0. The summed E-state index contributed by atoms with van der Waals surface area (Å²) in [5.41, 5.74) is 6.77. The van der Waals surface area contributed by atoms with Gasteiger partial charge in [0, 0.05) is 19.6 Å². The fourth-order valence-electron chi connectivity index (χ4n) is 2.23. The van der Waals surface area contributed by atoms with Gasteiger partial charge in [-0.25, -0.2) is 14.6 Å². The van der Waals surface area contributed by atoms with Crippen LogP contribution in [0, 0.1) is 0 Å². The largest absolute Gasteiger partial charge is 0.383 e. The van der Waals surface area contributed by atoms with E-state index in [1.807, 2.05) is 11.6 Å². The molecule has 2 aromatic heterocycles. The summed E-state index contributed by atoms with van der Waals surface area (Å²) in [4.78, 5) is 10.5. The zero-order valence-corrected chi connectivity index (χ0v) is 10.3. The highest BCUT2D eigenvalue weighted by molar-refractivity contribution is 5.96. The van der Waals surface area contributed by atoms with Crippen molar-refractivity contribution in [3.05, 3.63) is 6.33 Å². The average molecular weight is 248 g/mol. The predicted octanol–water partition coefficient (Wildman–Crippen LogP) is 0.265. The van der Waals surface area contributed by atoms with Gasteiger partial charge in [-0.05, 0) is 6.92 Å². The van der Waals surface area contributed by atoms with Crippen molar-refractivity contribution in [2.24, 2.45) is 0 Å². The van der Waals surface area contributed by atoms with Gasteiger partial charge in [-0.2, -0.15) is 5.10 Å². The minimum absolute atomic E-state index is 0.487. The molecule has 0 radical (unpaired) electrons. The van der Waals surface area contributed by atoms with Gasteiger partial charge in [0.2, 0.25) is 0 Å². The lowest BCUT2D eigenvalue weighted by molar-refractivity contribution is 0.122. The molecular formula is C11H16N6O. The van der Waals surface area contributed by atoms with Crippen molar-refractivity contribution in [3.8, 4) is 0 Å². The van der Waals surface area contributed by atoms with E-state index >= 15 is 0 Å². The fourth-order valence-corrected chi connectivity index (χ4v) is 2.23. The SMILES string of the molecule is CCn1nc(N2CCOCC2)c2c(N)ncnc21. The van der Waals surface area contributed by atoms with Crippen LogP contribution in [0.2, 0.25) is 0 Å². The Labute approximate surface area is 105 Å². The quantitative estimate of drug-likeness (QED) is 0.821. The summed E-state index contributed by atoms with van der Waals surface area (Å²) >= 11 is 0. The van der Waals surface area contributed by atoms with Crippen molar-refractivity contribution in [1.29, 1.82) is 0 Å². The zero-order chi connectivity index (χ0) is 12.5. The minimum atomic E-state index is 0.487. The van der Waals surface area contributed by atoms with E-state index in [-0.39, 0.29) is 0 Å². The number of aryl methyl sites for hydroxylation is 1. The first-order valence-corrected chi connectivity index (χ1v) is 6.11. The molecule has 0 atom stereocenters. The van der Waals surface area contributed by atoms with Gasteiger partial charge in [-0.15, -0.1) is 0 Å². The first-order chi connectivity index (χ1) is 8.81. The highest BCUT2D eigenvalue weighted by Crippen LogP contribution is 2.28. The molecule has 0 bridgehead atoms. The van der Waals surface area contributed by atoms with Gasteiger partial charge in [0.15, 0.2) is 11.5 Å². The lowest BCUT2D eigenvalue weighted by atomic mass is 10.3. The third-order valence-electron chi connectivity index (χ3n) is 3.15. The fraction of sp³-hybridized carbons (Fsp3) is 0.545. The minimum Gasteiger partial charge on any atom is -0.383 e. The van der Waals surface area contributed by atoms with E-state index in [9.17, 15) is 0 Å². The van der Waals surface area contributed by atoms with Crippen molar-refractivity contribution in [2.45, 2.75) is 13.5 Å². The van der Waals surface area contributed by atoms with Crippen LogP contribution in [0.25, 0.3) is 11.0 Å². The number of hydrogen-bond acceptors (Lipinski definition) is 6. The summed E-state index contributed by atoms with van der Waals surface area (Å²) < 4.78 is 7.22. The molecule has 0 unspecified atom stereocenters. The topological polar surface area (TPSA) is 82.1 Å². The van der Waals surface area contributed by atoms with E-state index < -0.39 is 0 Å². The number of hydrogen-bond donors (Lipinski definition) is 1.